The van der Waals surface area contributed by atoms with E-state index in [9.17, 15) is 8.78 Å². The Morgan fingerprint density at radius 3 is 2.53 bits per heavy atom. The van der Waals surface area contributed by atoms with Crippen LogP contribution >= 0.6 is 0 Å². The van der Waals surface area contributed by atoms with E-state index in [1.54, 1.807) is 12.1 Å². The van der Waals surface area contributed by atoms with Gasteiger partial charge < -0.3 is 5.73 Å². The van der Waals surface area contributed by atoms with Gasteiger partial charge in [-0.05, 0) is 37.4 Å². The molecule has 0 fully saturated rings. The normalized spacial score (nSPS) is 15.0. The molecule has 0 aliphatic heterocycles. The van der Waals surface area contributed by atoms with E-state index in [0.717, 1.165) is 12.0 Å². The first-order valence-electron chi connectivity index (χ1n) is 5.20. The van der Waals surface area contributed by atoms with Gasteiger partial charge in [0.2, 0.25) is 0 Å². The zero-order valence-corrected chi connectivity index (χ0v) is 9.13. The summed E-state index contributed by atoms with van der Waals surface area (Å²) in [6, 6.07) is 4.68. The van der Waals surface area contributed by atoms with Gasteiger partial charge in [0.05, 0.1) is 0 Å². The van der Waals surface area contributed by atoms with Gasteiger partial charge in [-0.25, -0.2) is 8.78 Å². The van der Waals surface area contributed by atoms with Gasteiger partial charge in [0, 0.05) is 5.56 Å². The molecule has 2 unspecified atom stereocenters. The van der Waals surface area contributed by atoms with Crippen molar-refractivity contribution in [2.24, 2.45) is 5.73 Å². The van der Waals surface area contributed by atoms with Crippen molar-refractivity contribution in [3.63, 3.8) is 0 Å². The quantitative estimate of drug-likeness (QED) is 0.815. The monoisotopic (exact) mass is 213 g/mol. The van der Waals surface area contributed by atoms with Crippen LogP contribution in [0.25, 0.3) is 0 Å². The summed E-state index contributed by atoms with van der Waals surface area (Å²) in [5, 5.41) is 0. The van der Waals surface area contributed by atoms with Crippen LogP contribution in [0, 0.1) is 5.82 Å². The first-order valence-corrected chi connectivity index (χ1v) is 5.20. The van der Waals surface area contributed by atoms with Crippen LogP contribution in [-0.4, -0.2) is 6.54 Å². The van der Waals surface area contributed by atoms with Crippen molar-refractivity contribution in [1.82, 2.24) is 0 Å². The first kappa shape index (κ1) is 12.1. The van der Waals surface area contributed by atoms with E-state index in [0.29, 0.717) is 6.54 Å². The molecule has 0 heterocycles. The van der Waals surface area contributed by atoms with Crippen LogP contribution in [0.2, 0.25) is 0 Å². The number of alkyl halides is 1. The summed E-state index contributed by atoms with van der Waals surface area (Å²) in [6.07, 6.45) is -0.537. The highest BCUT2D eigenvalue weighted by molar-refractivity contribution is 5.33. The van der Waals surface area contributed by atoms with Crippen molar-refractivity contribution in [2.75, 3.05) is 6.54 Å². The Bertz CT molecular complexity index is 323. The number of halogens is 2. The molecule has 2 N–H and O–H groups in total. The van der Waals surface area contributed by atoms with Crippen LogP contribution in [0.4, 0.5) is 8.78 Å². The summed E-state index contributed by atoms with van der Waals surface area (Å²) >= 11 is 0. The Labute approximate surface area is 89.3 Å². The smallest absolute Gasteiger partial charge is 0.129 e. The highest BCUT2D eigenvalue weighted by Gasteiger charge is 2.18. The largest absolute Gasteiger partial charge is 0.330 e. The van der Waals surface area contributed by atoms with E-state index in [1.165, 1.54) is 13.0 Å². The molecule has 0 bridgehead atoms. The fourth-order valence-corrected chi connectivity index (χ4v) is 1.81. The second-order valence-electron chi connectivity index (χ2n) is 3.84. The molecule has 0 spiro atoms. The second-order valence-corrected chi connectivity index (χ2v) is 3.84. The molecule has 84 valence electrons. The minimum atomic E-state index is -1.28. The summed E-state index contributed by atoms with van der Waals surface area (Å²) in [7, 11) is 0. The topological polar surface area (TPSA) is 26.0 Å². The Morgan fingerprint density at radius 2 is 2.00 bits per heavy atom. The summed E-state index contributed by atoms with van der Waals surface area (Å²) in [6.45, 7) is 3.82. The lowest BCUT2D eigenvalue weighted by molar-refractivity contribution is 0.356. The number of hydrogen-bond acceptors (Lipinski definition) is 1. The number of benzene rings is 1. The molecule has 2 atom stereocenters. The molecule has 15 heavy (non-hydrogen) atoms. The third-order valence-corrected chi connectivity index (χ3v) is 2.62. The summed E-state index contributed by atoms with van der Waals surface area (Å²) in [4.78, 5) is 0. The molecule has 1 nitrogen and oxygen atoms in total. The lowest BCUT2D eigenvalue weighted by atomic mass is 9.91. The molecule has 0 aromatic heterocycles. The van der Waals surface area contributed by atoms with E-state index in [1.807, 2.05) is 6.92 Å². The molecule has 1 aromatic carbocycles. The van der Waals surface area contributed by atoms with Crippen LogP contribution in [0.3, 0.4) is 0 Å². The Balaban J connectivity index is 3.10. The van der Waals surface area contributed by atoms with Crippen LogP contribution in [0.1, 0.15) is 43.5 Å². The predicted octanol–water partition coefficient (Wildman–Crippen LogP) is 3.31. The summed E-state index contributed by atoms with van der Waals surface area (Å²) < 4.78 is 26.7. The second kappa shape index (κ2) is 5.21. The van der Waals surface area contributed by atoms with Crippen LogP contribution in [-0.2, 0) is 0 Å². The molecule has 0 aliphatic rings. The van der Waals surface area contributed by atoms with Gasteiger partial charge in [-0.15, -0.1) is 0 Å². The van der Waals surface area contributed by atoms with Gasteiger partial charge in [-0.1, -0.05) is 19.1 Å². The minimum absolute atomic E-state index is 0.0962. The van der Waals surface area contributed by atoms with Crippen LogP contribution in [0.5, 0.6) is 0 Å². The van der Waals surface area contributed by atoms with E-state index in [-0.39, 0.29) is 11.5 Å². The standard InChI is InChI=1S/C12H17F2N/c1-8(6-7-15)10-4-3-5-11(14)12(10)9(2)13/h3-5,8-9H,6-7,15H2,1-2H3. The third-order valence-electron chi connectivity index (χ3n) is 2.62. The van der Waals surface area contributed by atoms with Gasteiger partial charge in [0.1, 0.15) is 12.0 Å². The van der Waals surface area contributed by atoms with Gasteiger partial charge in [-0.2, -0.15) is 0 Å². The van der Waals surface area contributed by atoms with Gasteiger partial charge in [0.15, 0.2) is 0 Å². The Kier molecular flexibility index (Phi) is 4.21. The van der Waals surface area contributed by atoms with Crippen molar-refractivity contribution in [3.05, 3.63) is 35.1 Å². The highest BCUT2D eigenvalue weighted by Crippen LogP contribution is 2.30. The molecule has 3 heteroatoms. The number of rotatable bonds is 4. The summed E-state index contributed by atoms with van der Waals surface area (Å²) in [5.74, 6) is -0.370. The maximum Gasteiger partial charge on any atom is 0.129 e. The zero-order valence-electron chi connectivity index (χ0n) is 9.13. The van der Waals surface area contributed by atoms with E-state index in [4.69, 9.17) is 5.73 Å². The number of nitrogens with two attached hydrogens (primary N) is 1. The molecular weight excluding hydrogens is 196 g/mol. The molecular formula is C12H17F2N. The van der Waals surface area contributed by atoms with Gasteiger partial charge in [0.25, 0.3) is 0 Å². The highest BCUT2D eigenvalue weighted by atomic mass is 19.1. The molecule has 0 saturated carbocycles. The molecule has 0 saturated heterocycles. The first-order chi connectivity index (χ1) is 7.07. The zero-order chi connectivity index (χ0) is 11.4. The van der Waals surface area contributed by atoms with E-state index in [2.05, 4.69) is 0 Å². The maximum absolute atomic E-state index is 13.4. The van der Waals surface area contributed by atoms with E-state index >= 15 is 0 Å². The van der Waals surface area contributed by atoms with Crippen molar-refractivity contribution in [2.45, 2.75) is 32.4 Å². The van der Waals surface area contributed by atoms with Crippen molar-refractivity contribution >= 4 is 0 Å². The summed E-state index contributed by atoms with van der Waals surface area (Å²) in [5.41, 5.74) is 6.35. The van der Waals surface area contributed by atoms with Gasteiger partial charge >= 0.3 is 0 Å². The maximum atomic E-state index is 13.4. The van der Waals surface area contributed by atoms with Crippen LogP contribution < -0.4 is 5.73 Å². The Morgan fingerprint density at radius 1 is 1.33 bits per heavy atom. The molecule has 1 rings (SSSR count). The Hall–Kier alpha value is -0.960. The van der Waals surface area contributed by atoms with Crippen molar-refractivity contribution in [3.8, 4) is 0 Å². The van der Waals surface area contributed by atoms with Gasteiger partial charge in [-0.3, -0.25) is 0 Å². The molecule has 0 amide bonds. The number of hydrogen-bond donors (Lipinski definition) is 1. The fourth-order valence-electron chi connectivity index (χ4n) is 1.81. The molecule has 0 radical (unpaired) electrons. The SMILES string of the molecule is CC(F)c1c(F)cccc1C(C)CCN. The van der Waals surface area contributed by atoms with E-state index < -0.39 is 12.0 Å². The average Bonchev–Trinajstić information content (AvgIpc) is 2.17. The third kappa shape index (κ3) is 2.75. The fraction of sp³-hybridized carbons (Fsp3) is 0.500. The van der Waals surface area contributed by atoms with Crippen molar-refractivity contribution in [1.29, 1.82) is 0 Å². The van der Waals surface area contributed by atoms with Crippen LogP contribution in [0.15, 0.2) is 18.2 Å². The minimum Gasteiger partial charge on any atom is -0.330 e. The average molecular weight is 213 g/mol. The molecule has 0 aliphatic carbocycles. The lowest BCUT2D eigenvalue weighted by Gasteiger charge is -2.17. The lowest BCUT2D eigenvalue weighted by Crippen LogP contribution is -2.08. The van der Waals surface area contributed by atoms with Crippen molar-refractivity contribution < 1.29 is 8.78 Å². The molecule has 1 aromatic rings. The predicted molar refractivity (Wildman–Crippen MR) is 58.0 cm³/mol.